The standard InChI is InChI=1S/C14H19F3N2O2/c1-8-4-5-10(6-11(8)18)13(20)19-12(9(2)21-3)7-14(15,16)17/h4-6,9,12H,7,18H2,1-3H3,(H,19,20)/t9?,12-/m0/s1. The molecule has 0 aliphatic carbocycles. The third-order valence-corrected chi connectivity index (χ3v) is 3.25. The van der Waals surface area contributed by atoms with E-state index in [1.807, 2.05) is 0 Å². The SMILES string of the molecule is COC(C)[C@H](CC(F)(F)F)NC(=O)c1ccc(C)c(N)c1. The number of nitrogens with two attached hydrogens (primary N) is 1. The molecule has 0 aliphatic heterocycles. The minimum absolute atomic E-state index is 0.216. The Labute approximate surface area is 121 Å². The Bertz CT molecular complexity index is 503. The van der Waals surface area contributed by atoms with Crippen molar-refractivity contribution in [1.82, 2.24) is 5.32 Å². The number of ether oxygens (including phenoxy) is 1. The molecule has 0 radical (unpaired) electrons. The molecule has 21 heavy (non-hydrogen) atoms. The lowest BCUT2D eigenvalue weighted by atomic mass is 10.1. The van der Waals surface area contributed by atoms with E-state index < -0.39 is 30.7 Å². The van der Waals surface area contributed by atoms with E-state index in [0.29, 0.717) is 5.69 Å². The third kappa shape index (κ3) is 5.26. The highest BCUT2D eigenvalue weighted by Crippen LogP contribution is 2.24. The highest BCUT2D eigenvalue weighted by Gasteiger charge is 2.35. The molecule has 3 N–H and O–H groups in total. The van der Waals surface area contributed by atoms with Gasteiger partial charge in [0.1, 0.15) is 0 Å². The monoisotopic (exact) mass is 304 g/mol. The zero-order valence-corrected chi connectivity index (χ0v) is 12.1. The van der Waals surface area contributed by atoms with Crippen LogP contribution in [0.5, 0.6) is 0 Å². The summed E-state index contributed by atoms with van der Waals surface area (Å²) >= 11 is 0. The molecule has 0 aliphatic rings. The molecular weight excluding hydrogens is 285 g/mol. The van der Waals surface area contributed by atoms with Gasteiger partial charge in [0.15, 0.2) is 0 Å². The van der Waals surface area contributed by atoms with E-state index >= 15 is 0 Å². The Morgan fingerprint density at radius 1 is 1.43 bits per heavy atom. The van der Waals surface area contributed by atoms with Crippen LogP contribution in [0.15, 0.2) is 18.2 Å². The van der Waals surface area contributed by atoms with Gasteiger partial charge < -0.3 is 15.8 Å². The molecule has 0 bridgehead atoms. The maximum atomic E-state index is 12.5. The average Bonchev–Trinajstić information content (AvgIpc) is 2.38. The molecule has 1 aromatic rings. The van der Waals surface area contributed by atoms with E-state index in [-0.39, 0.29) is 5.56 Å². The van der Waals surface area contributed by atoms with Crippen LogP contribution in [0.2, 0.25) is 0 Å². The quantitative estimate of drug-likeness (QED) is 0.822. The second kappa shape index (κ2) is 6.80. The highest BCUT2D eigenvalue weighted by molar-refractivity contribution is 5.95. The van der Waals surface area contributed by atoms with E-state index in [0.717, 1.165) is 5.56 Å². The van der Waals surface area contributed by atoms with Crippen LogP contribution in [0.4, 0.5) is 18.9 Å². The second-order valence-electron chi connectivity index (χ2n) is 4.91. The number of hydrogen-bond acceptors (Lipinski definition) is 3. The van der Waals surface area contributed by atoms with Crippen LogP contribution >= 0.6 is 0 Å². The summed E-state index contributed by atoms with van der Waals surface area (Å²) in [5.74, 6) is -0.611. The van der Waals surface area contributed by atoms with E-state index in [2.05, 4.69) is 5.32 Å². The van der Waals surface area contributed by atoms with Crippen molar-refractivity contribution < 1.29 is 22.7 Å². The fourth-order valence-electron chi connectivity index (χ4n) is 1.78. The number of nitrogen functional groups attached to an aromatic ring is 1. The van der Waals surface area contributed by atoms with Crippen LogP contribution in [0.25, 0.3) is 0 Å². The summed E-state index contributed by atoms with van der Waals surface area (Å²) in [6.45, 7) is 3.25. The van der Waals surface area contributed by atoms with Crippen molar-refractivity contribution in [3.05, 3.63) is 29.3 Å². The van der Waals surface area contributed by atoms with Crippen molar-refractivity contribution >= 4 is 11.6 Å². The maximum Gasteiger partial charge on any atom is 0.391 e. The summed E-state index contributed by atoms with van der Waals surface area (Å²) in [4.78, 5) is 12.0. The van der Waals surface area contributed by atoms with Gasteiger partial charge in [-0.2, -0.15) is 13.2 Å². The Morgan fingerprint density at radius 3 is 2.52 bits per heavy atom. The number of carbonyl (C=O) groups is 1. The van der Waals surface area contributed by atoms with E-state index in [1.165, 1.54) is 26.2 Å². The minimum Gasteiger partial charge on any atom is -0.398 e. The predicted octanol–water partition coefficient (Wildman–Crippen LogP) is 2.66. The summed E-state index contributed by atoms with van der Waals surface area (Å²) in [6.07, 6.45) is -6.31. The first kappa shape index (κ1) is 17.3. The molecule has 0 aromatic heterocycles. The lowest BCUT2D eigenvalue weighted by Gasteiger charge is -2.25. The Kier molecular flexibility index (Phi) is 5.60. The number of carbonyl (C=O) groups excluding carboxylic acids is 1. The van der Waals surface area contributed by atoms with Crippen molar-refractivity contribution in [2.45, 2.75) is 38.6 Å². The second-order valence-corrected chi connectivity index (χ2v) is 4.91. The van der Waals surface area contributed by atoms with Crippen LogP contribution in [-0.4, -0.2) is 31.3 Å². The van der Waals surface area contributed by atoms with Gasteiger partial charge in [0.25, 0.3) is 5.91 Å². The molecule has 1 amide bonds. The molecule has 1 unspecified atom stereocenters. The number of hydrogen-bond donors (Lipinski definition) is 2. The molecule has 4 nitrogen and oxygen atoms in total. The average molecular weight is 304 g/mol. The van der Waals surface area contributed by atoms with Crippen molar-refractivity contribution in [3.63, 3.8) is 0 Å². The molecule has 0 saturated heterocycles. The molecule has 118 valence electrons. The van der Waals surface area contributed by atoms with Gasteiger partial charge in [-0.15, -0.1) is 0 Å². The zero-order chi connectivity index (χ0) is 16.2. The molecule has 2 atom stereocenters. The molecule has 0 spiro atoms. The van der Waals surface area contributed by atoms with Gasteiger partial charge in [-0.05, 0) is 31.5 Å². The molecule has 0 saturated carbocycles. The summed E-state index contributed by atoms with van der Waals surface area (Å²) in [6, 6.07) is 3.43. The summed E-state index contributed by atoms with van der Waals surface area (Å²) < 4.78 is 42.5. The van der Waals surface area contributed by atoms with Crippen LogP contribution in [0.1, 0.15) is 29.3 Å². The van der Waals surface area contributed by atoms with Crippen LogP contribution in [0.3, 0.4) is 0 Å². The number of methoxy groups -OCH3 is 1. The van der Waals surface area contributed by atoms with Gasteiger partial charge in [-0.3, -0.25) is 4.79 Å². The van der Waals surface area contributed by atoms with Gasteiger partial charge in [-0.1, -0.05) is 6.07 Å². The maximum absolute atomic E-state index is 12.5. The number of anilines is 1. The van der Waals surface area contributed by atoms with E-state index in [1.54, 1.807) is 13.0 Å². The molecule has 0 heterocycles. The lowest BCUT2D eigenvalue weighted by Crippen LogP contribution is -2.45. The molecule has 0 fully saturated rings. The Hall–Kier alpha value is -1.76. The van der Waals surface area contributed by atoms with Crippen LogP contribution < -0.4 is 11.1 Å². The summed E-state index contributed by atoms with van der Waals surface area (Å²) in [5.41, 5.74) is 7.12. The smallest absolute Gasteiger partial charge is 0.391 e. The van der Waals surface area contributed by atoms with Crippen molar-refractivity contribution in [3.8, 4) is 0 Å². The number of halogens is 3. The summed E-state index contributed by atoms with van der Waals surface area (Å²) in [7, 11) is 1.30. The molecule has 7 heteroatoms. The van der Waals surface area contributed by atoms with Crippen molar-refractivity contribution in [2.75, 3.05) is 12.8 Å². The van der Waals surface area contributed by atoms with E-state index in [4.69, 9.17) is 10.5 Å². The number of nitrogens with one attached hydrogen (secondary N) is 1. The number of rotatable bonds is 5. The third-order valence-electron chi connectivity index (χ3n) is 3.25. The summed E-state index contributed by atoms with van der Waals surface area (Å²) in [5, 5.41) is 2.35. The number of alkyl halides is 3. The first-order valence-corrected chi connectivity index (χ1v) is 6.40. The van der Waals surface area contributed by atoms with Gasteiger partial charge in [0, 0.05) is 18.4 Å². The topological polar surface area (TPSA) is 64.3 Å². The van der Waals surface area contributed by atoms with Crippen LogP contribution in [-0.2, 0) is 4.74 Å². The number of aryl methyl sites for hydroxylation is 1. The van der Waals surface area contributed by atoms with Gasteiger partial charge in [0.2, 0.25) is 0 Å². The van der Waals surface area contributed by atoms with Crippen molar-refractivity contribution in [1.29, 1.82) is 0 Å². The first-order valence-electron chi connectivity index (χ1n) is 6.40. The van der Waals surface area contributed by atoms with E-state index in [9.17, 15) is 18.0 Å². The molecular formula is C14H19F3N2O2. The minimum atomic E-state index is -4.39. The van der Waals surface area contributed by atoms with Gasteiger partial charge >= 0.3 is 6.18 Å². The fraction of sp³-hybridized carbons (Fsp3) is 0.500. The largest absolute Gasteiger partial charge is 0.398 e. The van der Waals surface area contributed by atoms with Crippen LogP contribution in [0, 0.1) is 6.92 Å². The number of amides is 1. The van der Waals surface area contributed by atoms with Gasteiger partial charge in [0.05, 0.1) is 18.6 Å². The molecule has 1 aromatic carbocycles. The Balaban J connectivity index is 2.86. The zero-order valence-electron chi connectivity index (χ0n) is 12.1. The Morgan fingerprint density at radius 2 is 2.05 bits per heavy atom. The molecule has 1 rings (SSSR count). The number of benzene rings is 1. The fourth-order valence-corrected chi connectivity index (χ4v) is 1.78. The highest BCUT2D eigenvalue weighted by atomic mass is 19.4. The normalized spacial score (nSPS) is 14.6. The van der Waals surface area contributed by atoms with Gasteiger partial charge in [-0.25, -0.2) is 0 Å². The first-order chi connectivity index (χ1) is 9.64. The lowest BCUT2D eigenvalue weighted by molar-refractivity contribution is -0.145. The van der Waals surface area contributed by atoms with Crippen molar-refractivity contribution in [2.24, 2.45) is 0 Å². The predicted molar refractivity (Wildman–Crippen MR) is 74.0 cm³/mol.